The summed E-state index contributed by atoms with van der Waals surface area (Å²) < 4.78 is 11.0. The van der Waals surface area contributed by atoms with Gasteiger partial charge in [-0.15, -0.1) is 0 Å². The van der Waals surface area contributed by atoms with E-state index in [1.807, 2.05) is 20.0 Å². The summed E-state index contributed by atoms with van der Waals surface area (Å²) in [6.45, 7) is 10.8. The third-order valence-corrected chi connectivity index (χ3v) is 3.40. The molecule has 114 valence electrons. The van der Waals surface area contributed by atoms with E-state index in [1.54, 1.807) is 7.11 Å². The fraction of sp³-hybridized carbons (Fsp3) is 0.688. The fourth-order valence-corrected chi connectivity index (χ4v) is 2.31. The molecule has 0 aliphatic heterocycles. The molecule has 0 aliphatic carbocycles. The molecule has 0 fully saturated rings. The standard InChI is InChI=1S/C16H28N2O2/c1-6-8-17-14(11-20-7-2)9-15-13(4)16(19-5)12(3)10-18-15/h10,14,17H,6-9,11H2,1-5H3. The second-order valence-electron chi connectivity index (χ2n) is 5.06. The molecule has 0 aromatic carbocycles. The Morgan fingerprint density at radius 2 is 2.05 bits per heavy atom. The van der Waals surface area contributed by atoms with E-state index in [1.165, 1.54) is 0 Å². The molecule has 1 rings (SSSR count). The molecule has 1 unspecified atom stereocenters. The number of rotatable bonds is 9. The molecule has 4 heteroatoms. The van der Waals surface area contributed by atoms with Gasteiger partial charge in [0.2, 0.25) is 0 Å². The summed E-state index contributed by atoms with van der Waals surface area (Å²) in [4.78, 5) is 4.57. The minimum atomic E-state index is 0.300. The lowest BCUT2D eigenvalue weighted by Crippen LogP contribution is -2.36. The van der Waals surface area contributed by atoms with E-state index >= 15 is 0 Å². The summed E-state index contributed by atoms with van der Waals surface area (Å²) in [6, 6.07) is 0.300. The molecule has 1 atom stereocenters. The number of ether oxygens (including phenoxy) is 2. The Bertz CT molecular complexity index is 400. The minimum Gasteiger partial charge on any atom is -0.496 e. The summed E-state index contributed by atoms with van der Waals surface area (Å²) in [7, 11) is 1.71. The van der Waals surface area contributed by atoms with Gasteiger partial charge in [-0.1, -0.05) is 6.92 Å². The monoisotopic (exact) mass is 280 g/mol. The highest BCUT2D eigenvalue weighted by molar-refractivity contribution is 5.41. The van der Waals surface area contributed by atoms with Gasteiger partial charge in [0, 0.05) is 42.1 Å². The van der Waals surface area contributed by atoms with Gasteiger partial charge < -0.3 is 14.8 Å². The highest BCUT2D eigenvalue weighted by Crippen LogP contribution is 2.24. The Balaban J connectivity index is 2.81. The van der Waals surface area contributed by atoms with Crippen molar-refractivity contribution < 1.29 is 9.47 Å². The summed E-state index contributed by atoms with van der Waals surface area (Å²) >= 11 is 0. The molecule has 0 radical (unpaired) electrons. The van der Waals surface area contributed by atoms with Gasteiger partial charge in [0.15, 0.2) is 0 Å². The molecule has 1 N–H and O–H groups in total. The molecule has 1 aromatic heterocycles. The molecule has 0 aliphatic rings. The molecule has 0 amide bonds. The number of aromatic nitrogens is 1. The van der Waals surface area contributed by atoms with Crippen molar-refractivity contribution in [2.75, 3.05) is 26.9 Å². The second kappa shape index (κ2) is 8.93. The Labute approximate surface area is 122 Å². The van der Waals surface area contributed by atoms with Crippen molar-refractivity contribution in [2.24, 2.45) is 0 Å². The van der Waals surface area contributed by atoms with E-state index in [0.29, 0.717) is 12.6 Å². The SMILES string of the molecule is CCCNC(COCC)Cc1ncc(C)c(OC)c1C. The Kier molecular flexibility index (Phi) is 7.55. The van der Waals surface area contributed by atoms with Gasteiger partial charge in [0.25, 0.3) is 0 Å². The molecular formula is C16H28N2O2. The van der Waals surface area contributed by atoms with Crippen LogP contribution < -0.4 is 10.1 Å². The van der Waals surface area contributed by atoms with Crippen molar-refractivity contribution in [3.05, 3.63) is 23.0 Å². The molecule has 0 saturated carbocycles. The van der Waals surface area contributed by atoms with Gasteiger partial charge in [-0.25, -0.2) is 0 Å². The maximum absolute atomic E-state index is 5.56. The van der Waals surface area contributed by atoms with Crippen LogP contribution in [-0.4, -0.2) is 37.9 Å². The van der Waals surface area contributed by atoms with Crippen LogP contribution in [0.25, 0.3) is 0 Å². The smallest absolute Gasteiger partial charge is 0.128 e. The highest BCUT2D eigenvalue weighted by atomic mass is 16.5. The molecule has 1 heterocycles. The van der Waals surface area contributed by atoms with E-state index in [-0.39, 0.29) is 0 Å². The van der Waals surface area contributed by atoms with Crippen LogP contribution in [0.4, 0.5) is 0 Å². The van der Waals surface area contributed by atoms with E-state index in [2.05, 4.69) is 24.1 Å². The highest BCUT2D eigenvalue weighted by Gasteiger charge is 2.15. The average Bonchev–Trinajstić information content (AvgIpc) is 2.45. The average molecular weight is 280 g/mol. The summed E-state index contributed by atoms with van der Waals surface area (Å²) in [5, 5.41) is 3.53. The molecule has 1 aromatic rings. The van der Waals surface area contributed by atoms with E-state index in [9.17, 15) is 0 Å². The number of nitrogens with one attached hydrogen (secondary N) is 1. The first-order valence-electron chi connectivity index (χ1n) is 7.44. The van der Waals surface area contributed by atoms with Crippen molar-refractivity contribution >= 4 is 0 Å². The quantitative estimate of drug-likeness (QED) is 0.755. The van der Waals surface area contributed by atoms with Crippen LogP contribution in [0.2, 0.25) is 0 Å². The van der Waals surface area contributed by atoms with Crippen LogP contribution in [0.5, 0.6) is 5.75 Å². The van der Waals surface area contributed by atoms with E-state index in [4.69, 9.17) is 9.47 Å². The van der Waals surface area contributed by atoms with Crippen LogP contribution in [-0.2, 0) is 11.2 Å². The first-order valence-corrected chi connectivity index (χ1v) is 7.44. The number of hydrogen-bond donors (Lipinski definition) is 1. The zero-order valence-electron chi connectivity index (χ0n) is 13.5. The van der Waals surface area contributed by atoms with Gasteiger partial charge in [0.1, 0.15) is 5.75 Å². The predicted octanol–water partition coefficient (Wildman–Crippen LogP) is 2.65. The van der Waals surface area contributed by atoms with Crippen LogP contribution in [0.15, 0.2) is 6.20 Å². The Hall–Kier alpha value is -1.13. The third kappa shape index (κ3) is 4.76. The van der Waals surface area contributed by atoms with Crippen LogP contribution >= 0.6 is 0 Å². The number of methoxy groups -OCH3 is 1. The maximum Gasteiger partial charge on any atom is 0.128 e. The number of pyridine rings is 1. The predicted molar refractivity (Wildman–Crippen MR) is 82.5 cm³/mol. The largest absolute Gasteiger partial charge is 0.496 e. The lowest BCUT2D eigenvalue weighted by atomic mass is 10.0. The lowest BCUT2D eigenvalue weighted by Gasteiger charge is -2.20. The first kappa shape index (κ1) is 16.9. The summed E-state index contributed by atoms with van der Waals surface area (Å²) in [5.74, 6) is 0.945. The molecule has 0 spiro atoms. The zero-order chi connectivity index (χ0) is 15.0. The minimum absolute atomic E-state index is 0.300. The fourth-order valence-electron chi connectivity index (χ4n) is 2.31. The van der Waals surface area contributed by atoms with Crippen LogP contribution in [0, 0.1) is 13.8 Å². The van der Waals surface area contributed by atoms with Gasteiger partial charge in [-0.2, -0.15) is 0 Å². The first-order chi connectivity index (χ1) is 9.63. The van der Waals surface area contributed by atoms with Crippen molar-refractivity contribution in [3.63, 3.8) is 0 Å². The zero-order valence-corrected chi connectivity index (χ0v) is 13.5. The number of hydrogen-bond acceptors (Lipinski definition) is 4. The van der Waals surface area contributed by atoms with Crippen molar-refractivity contribution in [1.29, 1.82) is 0 Å². The number of aryl methyl sites for hydroxylation is 1. The molecular weight excluding hydrogens is 252 g/mol. The van der Waals surface area contributed by atoms with Crippen molar-refractivity contribution in [2.45, 2.75) is 46.6 Å². The molecule has 0 saturated heterocycles. The molecule has 20 heavy (non-hydrogen) atoms. The molecule has 0 bridgehead atoms. The van der Waals surface area contributed by atoms with Crippen molar-refractivity contribution in [3.8, 4) is 5.75 Å². The van der Waals surface area contributed by atoms with E-state index in [0.717, 1.165) is 48.6 Å². The maximum atomic E-state index is 5.56. The van der Waals surface area contributed by atoms with Crippen molar-refractivity contribution in [1.82, 2.24) is 10.3 Å². The molecule has 4 nitrogen and oxygen atoms in total. The summed E-state index contributed by atoms with van der Waals surface area (Å²) in [5.41, 5.74) is 3.30. The van der Waals surface area contributed by atoms with E-state index < -0.39 is 0 Å². The number of nitrogens with zero attached hydrogens (tertiary/aromatic N) is 1. The Morgan fingerprint density at radius 3 is 2.65 bits per heavy atom. The normalized spacial score (nSPS) is 12.4. The second-order valence-corrected chi connectivity index (χ2v) is 5.06. The van der Waals surface area contributed by atoms with Crippen LogP contribution in [0.3, 0.4) is 0 Å². The lowest BCUT2D eigenvalue weighted by molar-refractivity contribution is 0.122. The van der Waals surface area contributed by atoms with Gasteiger partial charge in [-0.05, 0) is 33.7 Å². The Morgan fingerprint density at radius 1 is 1.30 bits per heavy atom. The van der Waals surface area contributed by atoms with Gasteiger partial charge in [0.05, 0.1) is 13.7 Å². The third-order valence-electron chi connectivity index (χ3n) is 3.40. The van der Waals surface area contributed by atoms with Gasteiger partial charge in [-0.3, -0.25) is 4.98 Å². The van der Waals surface area contributed by atoms with Gasteiger partial charge >= 0.3 is 0 Å². The van der Waals surface area contributed by atoms with Crippen LogP contribution in [0.1, 0.15) is 37.1 Å². The summed E-state index contributed by atoms with van der Waals surface area (Å²) in [6.07, 6.45) is 3.87. The topological polar surface area (TPSA) is 43.4 Å².